The monoisotopic (exact) mass is 1330 g/mol. The Morgan fingerprint density at radius 2 is 0.525 bits per heavy atom. The van der Waals surface area contributed by atoms with Gasteiger partial charge in [0.15, 0.2) is 0 Å². The Morgan fingerprint density at radius 1 is 0.242 bits per heavy atom. The van der Waals surface area contributed by atoms with Crippen LogP contribution in [-0.4, -0.2) is 98.3 Å². The van der Waals surface area contributed by atoms with E-state index in [1.807, 2.05) is 334 Å². The van der Waals surface area contributed by atoms with Crippen molar-refractivity contribution in [2.45, 2.75) is 0 Å². The highest BCUT2D eigenvalue weighted by Gasteiger charge is 1.96. The first kappa shape index (κ1) is 65.5. The smallest absolute Gasteiger partial charge is 0.136 e. The van der Waals surface area contributed by atoms with Gasteiger partial charge in [0, 0.05) is 95.9 Å². The molecule has 0 saturated carbocycles. The molecule has 0 atom stereocenters. The van der Waals surface area contributed by atoms with Crippen LogP contribution >= 0.6 is 22.7 Å². The number of aromatic amines is 5. The van der Waals surface area contributed by atoms with Crippen LogP contribution in [0.2, 0.25) is 0 Å². The summed E-state index contributed by atoms with van der Waals surface area (Å²) in [7, 11) is 0. The number of benzene rings is 7. The number of H-pyrrole nitrogens is 5. The molecule has 15 heterocycles. The van der Waals surface area contributed by atoms with Crippen molar-refractivity contribution in [2.24, 2.45) is 0 Å². The van der Waals surface area contributed by atoms with Gasteiger partial charge in [-0.1, -0.05) is 133 Å². The minimum absolute atomic E-state index is 0.998. The van der Waals surface area contributed by atoms with E-state index in [2.05, 4.69) is 92.8 Å². The second-order valence-electron chi connectivity index (χ2n) is 21.0. The fourth-order valence-electron chi connectivity index (χ4n) is 9.47. The van der Waals surface area contributed by atoms with Crippen molar-refractivity contribution < 1.29 is 0 Å². The molecule has 484 valence electrons. The van der Waals surface area contributed by atoms with E-state index >= 15 is 0 Å². The van der Waals surface area contributed by atoms with E-state index < -0.39 is 0 Å². The summed E-state index contributed by atoms with van der Waals surface area (Å²) < 4.78 is 10.4. The lowest BCUT2D eigenvalue weighted by molar-refractivity contribution is 1.12. The summed E-state index contributed by atoms with van der Waals surface area (Å²) in [6, 6.07) is 80.0. The SMILES string of the molecule is c1ccc2[nH]cnc2c1.c1ccc2[nH]ncc2c1.c1ccc2[nH]ncc2c1.c1ccc2[nH]ncc2c1.c1ccc2[nH]ncc2c1.c1ccc2scnc2c1.c1ccc2scnc2c1.c1ccn2ccnc2c1.c1ccn2ccnc2c1.c1ccn2ccnc2c1.c1ccn2ccnc2c1. The molecule has 5 N–H and O–H groups in total. The van der Waals surface area contributed by atoms with Gasteiger partial charge in [-0.25, -0.2) is 34.9 Å². The molecule has 0 saturated heterocycles. The number of fused-ring (bicyclic) bond motifs is 11. The van der Waals surface area contributed by atoms with Crippen LogP contribution in [0.15, 0.2) is 359 Å². The second kappa shape index (κ2) is 35.1. The van der Waals surface area contributed by atoms with Crippen LogP contribution in [0, 0.1) is 0 Å². The van der Waals surface area contributed by atoms with Crippen molar-refractivity contribution in [1.82, 2.24) is 98.3 Å². The van der Waals surface area contributed by atoms with Gasteiger partial charge in [-0.2, -0.15) is 20.4 Å². The fraction of sp³-hybridized carbons (Fsp3) is 0. The molecule has 20 nitrogen and oxygen atoms in total. The Labute approximate surface area is 574 Å². The molecule has 7 aromatic carbocycles. The molecule has 0 radical (unpaired) electrons. The molecule has 0 unspecified atom stereocenters. The Hall–Kier alpha value is -13.6. The summed E-state index contributed by atoms with van der Waals surface area (Å²) in [5, 5.41) is 31.6. The number of hydrogen-bond donors (Lipinski definition) is 5. The maximum absolute atomic E-state index is 4.14. The number of hydrogen-bond acceptors (Lipinski definition) is 13. The van der Waals surface area contributed by atoms with Crippen LogP contribution in [-0.2, 0) is 0 Å². The summed E-state index contributed by atoms with van der Waals surface area (Å²) in [5.74, 6) is 0. The lowest BCUT2D eigenvalue weighted by Gasteiger charge is -1.86. The molecular weight excluding hydrogens is 1270 g/mol. The average molecular weight is 1330 g/mol. The van der Waals surface area contributed by atoms with E-state index in [0.717, 1.165) is 88.3 Å². The Balaban J connectivity index is 0.000000103. The van der Waals surface area contributed by atoms with Crippen molar-refractivity contribution in [3.63, 3.8) is 0 Å². The molecule has 22 aromatic rings. The van der Waals surface area contributed by atoms with E-state index in [9.17, 15) is 0 Å². The number of aromatic nitrogens is 20. The van der Waals surface area contributed by atoms with Crippen molar-refractivity contribution >= 4 is 120 Å². The first-order valence-corrected chi connectivity index (χ1v) is 32.9. The molecule has 99 heavy (non-hydrogen) atoms. The van der Waals surface area contributed by atoms with Gasteiger partial charge in [0.2, 0.25) is 0 Å². The summed E-state index contributed by atoms with van der Waals surface area (Å²) in [6.45, 7) is 0. The molecule has 0 bridgehead atoms. The molecule has 22 rings (SSSR count). The predicted molar refractivity (Wildman–Crippen MR) is 400 cm³/mol. The zero-order chi connectivity index (χ0) is 67.1. The number of pyridine rings is 4. The summed E-state index contributed by atoms with van der Waals surface area (Å²) >= 11 is 3.35. The first-order valence-electron chi connectivity index (χ1n) is 31.1. The zero-order valence-corrected chi connectivity index (χ0v) is 54.7. The maximum atomic E-state index is 4.14. The van der Waals surface area contributed by atoms with Crippen LogP contribution < -0.4 is 0 Å². The number of nitrogens with one attached hydrogen (secondary N) is 5. The maximum Gasteiger partial charge on any atom is 0.136 e. The van der Waals surface area contributed by atoms with E-state index in [1.165, 1.54) is 9.40 Å². The third-order valence-corrected chi connectivity index (χ3v) is 16.0. The molecular formula is C77H64N20S2. The second-order valence-corrected chi connectivity index (χ2v) is 22.7. The van der Waals surface area contributed by atoms with Crippen molar-refractivity contribution in [1.29, 1.82) is 0 Å². The van der Waals surface area contributed by atoms with Gasteiger partial charge < -0.3 is 22.6 Å². The fourth-order valence-corrected chi connectivity index (χ4v) is 10.8. The Bertz CT molecular complexity index is 4360. The van der Waals surface area contributed by atoms with Gasteiger partial charge in [0.25, 0.3) is 0 Å². The molecule has 0 aliphatic rings. The molecule has 0 spiro atoms. The number of imidazole rings is 5. The third-order valence-electron chi connectivity index (χ3n) is 14.4. The Morgan fingerprint density at radius 3 is 0.828 bits per heavy atom. The molecule has 15 aromatic heterocycles. The number of rotatable bonds is 0. The van der Waals surface area contributed by atoms with Gasteiger partial charge >= 0.3 is 0 Å². The Kier molecular flexibility index (Phi) is 23.2. The highest BCUT2D eigenvalue weighted by Crippen LogP contribution is 2.17. The lowest BCUT2D eigenvalue weighted by Crippen LogP contribution is -1.77. The first-order chi connectivity index (χ1) is 49.1. The van der Waals surface area contributed by atoms with E-state index in [-0.39, 0.29) is 0 Å². The van der Waals surface area contributed by atoms with Crippen molar-refractivity contribution in [3.05, 3.63) is 359 Å². The van der Waals surface area contributed by atoms with Crippen LogP contribution in [0.3, 0.4) is 0 Å². The summed E-state index contributed by atoms with van der Waals surface area (Å²) in [5.41, 5.74) is 16.4. The average Bonchev–Trinajstić information content (AvgIpc) is 4.49. The highest BCUT2D eigenvalue weighted by molar-refractivity contribution is 7.17. The highest BCUT2D eigenvalue weighted by atomic mass is 32.1. The molecule has 0 fully saturated rings. The normalized spacial score (nSPS) is 10.2. The summed E-state index contributed by atoms with van der Waals surface area (Å²) in [4.78, 5) is 31.7. The topological polar surface area (TPSA) is 238 Å². The van der Waals surface area contributed by atoms with Crippen molar-refractivity contribution in [2.75, 3.05) is 0 Å². The summed E-state index contributed by atoms with van der Waals surface area (Å²) in [6.07, 6.45) is 31.7. The quantitative estimate of drug-likeness (QED) is 0.0957. The number of thiazole rings is 2. The van der Waals surface area contributed by atoms with E-state index in [1.54, 1.807) is 53.8 Å². The number of nitrogens with zero attached hydrogens (tertiary/aromatic N) is 15. The van der Waals surface area contributed by atoms with Crippen LogP contribution in [0.1, 0.15) is 0 Å². The largest absolute Gasteiger partial charge is 0.345 e. The third kappa shape index (κ3) is 19.1. The molecule has 0 aliphatic heterocycles. The molecule has 0 amide bonds. The molecule has 22 heteroatoms. The minimum atomic E-state index is 0.998. The minimum Gasteiger partial charge on any atom is -0.345 e. The predicted octanol–water partition coefficient (Wildman–Crippen LogP) is 17.7. The van der Waals surface area contributed by atoms with Gasteiger partial charge in [0.05, 0.1) is 95.7 Å². The van der Waals surface area contributed by atoms with Gasteiger partial charge in [-0.05, 0) is 109 Å². The van der Waals surface area contributed by atoms with Gasteiger partial charge in [-0.3, -0.25) is 20.4 Å². The van der Waals surface area contributed by atoms with Crippen LogP contribution in [0.25, 0.3) is 97.7 Å². The van der Waals surface area contributed by atoms with Crippen LogP contribution in [0.5, 0.6) is 0 Å². The zero-order valence-electron chi connectivity index (χ0n) is 53.1. The standard InChI is InChI=1S/9C7H6N2.2C7H5NS/c4*1-2-5-9-6-4-8-7(9)3-1;1-2-4-7-6(3-1)8-5-9-7;4*1-2-4-7-6(3-1)5-8-9-7;2*1-2-4-7-6(3-1)8-5-9-7/h4*1-6H;5*1-5H,(H,8,9);2*1-5H. The number of para-hydroxylation sites is 8. The van der Waals surface area contributed by atoms with E-state index in [0.29, 0.717) is 0 Å². The van der Waals surface area contributed by atoms with Crippen molar-refractivity contribution in [3.8, 4) is 0 Å². The molecule has 0 aliphatic carbocycles. The van der Waals surface area contributed by atoms with E-state index in [4.69, 9.17) is 0 Å². The van der Waals surface area contributed by atoms with Gasteiger partial charge in [-0.15, -0.1) is 22.7 Å². The lowest BCUT2D eigenvalue weighted by atomic mass is 10.3. The van der Waals surface area contributed by atoms with Crippen LogP contribution in [0.4, 0.5) is 0 Å². The van der Waals surface area contributed by atoms with Gasteiger partial charge in [0.1, 0.15) is 22.6 Å².